The number of anilines is 1. The molecule has 2 aliphatic rings. The number of nitrogens with zero attached hydrogens (tertiary/aromatic N) is 5. The molecule has 1 N–H and O–H groups in total. The molecule has 39 heavy (non-hydrogen) atoms. The van der Waals surface area contributed by atoms with Crippen molar-refractivity contribution in [3.05, 3.63) is 83.0 Å². The van der Waals surface area contributed by atoms with Crippen molar-refractivity contribution >= 4 is 33.9 Å². The lowest BCUT2D eigenvalue weighted by molar-refractivity contribution is -0.142. The van der Waals surface area contributed by atoms with Crippen LogP contribution in [0.3, 0.4) is 0 Å². The van der Waals surface area contributed by atoms with E-state index in [4.69, 9.17) is 31.0 Å². The lowest BCUT2D eigenvalue weighted by atomic mass is 9.97. The summed E-state index contributed by atoms with van der Waals surface area (Å²) in [7, 11) is 1.94. The lowest BCUT2D eigenvalue weighted by Gasteiger charge is -2.39. The number of ether oxygens (including phenoxy) is 2. The Morgan fingerprint density at radius 1 is 1.15 bits per heavy atom. The van der Waals surface area contributed by atoms with Crippen LogP contribution in [0.5, 0.6) is 5.88 Å². The first-order valence-electron chi connectivity index (χ1n) is 13.4. The number of imidazole rings is 1. The topological polar surface area (TPSA) is 77.3 Å². The SMILES string of the molecule is CNc1ccc2c(c1)nc(CN1CC=C(c3cccc(OCc4ccc(Cl)cn4)n3)CC1)n2CC1(C)CCO1. The van der Waals surface area contributed by atoms with E-state index in [1.165, 1.54) is 5.57 Å². The average molecular weight is 545 g/mol. The summed E-state index contributed by atoms with van der Waals surface area (Å²) in [5.41, 5.74) is 6.12. The van der Waals surface area contributed by atoms with Gasteiger partial charge in [-0.1, -0.05) is 23.7 Å². The fourth-order valence-corrected chi connectivity index (χ4v) is 5.26. The van der Waals surface area contributed by atoms with E-state index >= 15 is 0 Å². The lowest BCUT2D eigenvalue weighted by Crippen LogP contribution is -2.44. The first kappa shape index (κ1) is 25.8. The maximum atomic E-state index is 5.94. The Balaban J connectivity index is 1.15. The van der Waals surface area contributed by atoms with Gasteiger partial charge >= 0.3 is 0 Å². The zero-order chi connectivity index (χ0) is 26.8. The monoisotopic (exact) mass is 544 g/mol. The molecule has 0 radical (unpaired) electrons. The molecule has 202 valence electrons. The van der Waals surface area contributed by atoms with Gasteiger partial charge < -0.3 is 19.4 Å². The van der Waals surface area contributed by atoms with Crippen molar-refractivity contribution in [3.63, 3.8) is 0 Å². The summed E-state index contributed by atoms with van der Waals surface area (Å²) >= 11 is 5.92. The number of nitrogens with one attached hydrogen (secondary N) is 1. The van der Waals surface area contributed by atoms with Crippen LogP contribution in [-0.4, -0.2) is 56.8 Å². The van der Waals surface area contributed by atoms with Gasteiger partial charge in [-0.2, -0.15) is 0 Å². The fourth-order valence-electron chi connectivity index (χ4n) is 5.14. The van der Waals surface area contributed by atoms with Gasteiger partial charge in [0.15, 0.2) is 0 Å². The zero-order valence-electron chi connectivity index (χ0n) is 22.4. The predicted octanol–water partition coefficient (Wildman–Crippen LogP) is 5.57. The smallest absolute Gasteiger partial charge is 0.214 e. The quantitative estimate of drug-likeness (QED) is 0.295. The van der Waals surface area contributed by atoms with Crippen molar-refractivity contribution < 1.29 is 9.47 Å². The molecule has 2 aliphatic heterocycles. The molecule has 0 amide bonds. The van der Waals surface area contributed by atoms with Gasteiger partial charge in [0.2, 0.25) is 5.88 Å². The van der Waals surface area contributed by atoms with Crippen molar-refractivity contribution in [1.82, 2.24) is 24.4 Å². The van der Waals surface area contributed by atoms with Crippen molar-refractivity contribution in [2.45, 2.75) is 45.1 Å². The Morgan fingerprint density at radius 3 is 2.77 bits per heavy atom. The van der Waals surface area contributed by atoms with Crippen LogP contribution in [0.1, 0.15) is 37.0 Å². The minimum atomic E-state index is -0.124. The van der Waals surface area contributed by atoms with Crippen LogP contribution in [-0.2, 0) is 24.4 Å². The molecular formula is C30H33ClN6O2. The van der Waals surface area contributed by atoms with E-state index in [2.05, 4.69) is 51.0 Å². The van der Waals surface area contributed by atoms with Crippen LogP contribution in [0.4, 0.5) is 5.69 Å². The molecule has 1 aromatic carbocycles. The second kappa shape index (κ2) is 11.0. The highest BCUT2D eigenvalue weighted by molar-refractivity contribution is 6.30. The second-order valence-electron chi connectivity index (χ2n) is 10.4. The molecule has 0 aliphatic carbocycles. The highest BCUT2D eigenvalue weighted by atomic mass is 35.5. The highest BCUT2D eigenvalue weighted by Gasteiger charge is 2.35. The zero-order valence-corrected chi connectivity index (χ0v) is 23.1. The maximum absolute atomic E-state index is 5.94. The van der Waals surface area contributed by atoms with Gasteiger partial charge in [-0.3, -0.25) is 9.88 Å². The Morgan fingerprint density at radius 2 is 2.05 bits per heavy atom. The van der Waals surface area contributed by atoms with Crippen LogP contribution in [0.25, 0.3) is 16.6 Å². The molecule has 9 heteroatoms. The van der Waals surface area contributed by atoms with Crippen LogP contribution >= 0.6 is 11.6 Å². The van der Waals surface area contributed by atoms with Crippen LogP contribution in [0.2, 0.25) is 5.02 Å². The molecule has 3 aromatic heterocycles. The second-order valence-corrected chi connectivity index (χ2v) is 10.9. The summed E-state index contributed by atoms with van der Waals surface area (Å²) < 4.78 is 14.2. The number of halogens is 1. The third-order valence-corrected chi connectivity index (χ3v) is 7.78. The summed E-state index contributed by atoms with van der Waals surface area (Å²) in [5.74, 6) is 1.67. The van der Waals surface area contributed by atoms with Crippen LogP contribution in [0, 0.1) is 0 Å². The molecule has 6 rings (SSSR count). The molecule has 0 bridgehead atoms. The largest absolute Gasteiger partial charge is 0.471 e. The summed E-state index contributed by atoms with van der Waals surface area (Å²) in [4.78, 5) is 16.5. The van der Waals surface area contributed by atoms with Gasteiger partial charge in [-0.05, 0) is 55.3 Å². The minimum Gasteiger partial charge on any atom is -0.471 e. The van der Waals surface area contributed by atoms with E-state index in [1.807, 2.05) is 37.4 Å². The molecule has 1 fully saturated rings. The van der Waals surface area contributed by atoms with E-state index in [1.54, 1.807) is 6.20 Å². The molecule has 1 unspecified atom stereocenters. The van der Waals surface area contributed by atoms with Gasteiger partial charge in [0.1, 0.15) is 12.4 Å². The van der Waals surface area contributed by atoms with Gasteiger partial charge in [0.25, 0.3) is 0 Å². The minimum absolute atomic E-state index is 0.124. The Bertz CT molecular complexity index is 1500. The summed E-state index contributed by atoms with van der Waals surface area (Å²) in [6, 6.07) is 16.0. The molecule has 0 saturated carbocycles. The molecule has 8 nitrogen and oxygen atoms in total. The Hall–Kier alpha value is -3.46. The molecule has 5 heterocycles. The van der Waals surface area contributed by atoms with Gasteiger partial charge in [-0.25, -0.2) is 9.97 Å². The predicted molar refractivity (Wildman–Crippen MR) is 154 cm³/mol. The molecule has 4 aromatic rings. The number of hydrogen-bond donors (Lipinski definition) is 1. The number of hydrogen-bond acceptors (Lipinski definition) is 7. The first-order valence-corrected chi connectivity index (χ1v) is 13.8. The van der Waals surface area contributed by atoms with E-state index in [-0.39, 0.29) is 5.60 Å². The summed E-state index contributed by atoms with van der Waals surface area (Å²) in [6.45, 7) is 6.76. The Kier molecular flexibility index (Phi) is 7.25. The molecule has 1 saturated heterocycles. The van der Waals surface area contributed by atoms with Crippen LogP contribution in [0.15, 0.2) is 60.8 Å². The summed E-state index contributed by atoms with van der Waals surface area (Å²) in [6.07, 6.45) is 5.89. The van der Waals surface area contributed by atoms with Crippen LogP contribution < -0.4 is 10.1 Å². The molecule has 1 atom stereocenters. The van der Waals surface area contributed by atoms with E-state index in [0.717, 1.165) is 79.6 Å². The van der Waals surface area contributed by atoms with Gasteiger partial charge in [0.05, 0.1) is 52.7 Å². The first-order chi connectivity index (χ1) is 19.0. The third kappa shape index (κ3) is 5.78. The van der Waals surface area contributed by atoms with Crippen molar-refractivity contribution in [3.8, 4) is 5.88 Å². The van der Waals surface area contributed by atoms with Crippen molar-refractivity contribution in [1.29, 1.82) is 0 Å². The van der Waals surface area contributed by atoms with Gasteiger partial charge in [-0.15, -0.1) is 0 Å². The number of pyridine rings is 2. The van der Waals surface area contributed by atoms with Crippen molar-refractivity contribution in [2.75, 3.05) is 32.1 Å². The number of rotatable bonds is 9. The summed E-state index contributed by atoms with van der Waals surface area (Å²) in [5, 5.41) is 3.84. The maximum Gasteiger partial charge on any atom is 0.214 e. The van der Waals surface area contributed by atoms with E-state index in [9.17, 15) is 0 Å². The van der Waals surface area contributed by atoms with E-state index < -0.39 is 0 Å². The average Bonchev–Trinajstić information content (AvgIpc) is 3.27. The molecule has 0 spiro atoms. The fraction of sp³-hybridized carbons (Fsp3) is 0.367. The molecular weight excluding hydrogens is 512 g/mol. The Labute approximate surface area is 233 Å². The normalized spacial score (nSPS) is 19.5. The van der Waals surface area contributed by atoms with Crippen molar-refractivity contribution in [2.24, 2.45) is 0 Å². The van der Waals surface area contributed by atoms with E-state index in [0.29, 0.717) is 17.5 Å². The number of aromatic nitrogens is 4. The highest BCUT2D eigenvalue weighted by Crippen LogP contribution is 2.31. The third-order valence-electron chi connectivity index (χ3n) is 7.56. The van der Waals surface area contributed by atoms with Gasteiger partial charge in [0, 0.05) is 44.5 Å². The number of benzene rings is 1. The number of fused-ring (bicyclic) bond motifs is 1. The standard InChI is InChI=1S/C30H33ClN6O2/c1-30(12-15-39-30)20-37-27-9-8-23(32-2)16-26(27)34-28(37)18-36-13-10-21(11-14-36)25-4-3-5-29(35-25)38-19-24-7-6-22(31)17-33-24/h3-10,16-17,32H,11-15,18-20H2,1-2H3.